The number of phenols is 1. The first-order chi connectivity index (χ1) is 13.9. The molecule has 0 unspecified atom stereocenters. The number of amides is 1. The predicted octanol–water partition coefficient (Wildman–Crippen LogP) is 3.64. The Hall–Kier alpha value is -3.41. The molecule has 1 aliphatic carbocycles. The number of hydrogen-bond donors (Lipinski definition) is 3. The first kappa shape index (κ1) is 18.9. The number of phenolic OH excluding ortho intramolecular Hbond substituents is 1. The van der Waals surface area contributed by atoms with Gasteiger partial charge in [-0.15, -0.1) is 0 Å². The van der Waals surface area contributed by atoms with Gasteiger partial charge in [0.25, 0.3) is 5.91 Å². The van der Waals surface area contributed by atoms with Gasteiger partial charge in [-0.2, -0.15) is 0 Å². The third-order valence-electron chi connectivity index (χ3n) is 5.41. The first-order valence-corrected chi connectivity index (χ1v) is 9.69. The number of rotatable bonds is 3. The Bertz CT molecular complexity index is 1020. The minimum Gasteiger partial charge on any atom is -0.508 e. The van der Waals surface area contributed by atoms with E-state index >= 15 is 0 Å². The van der Waals surface area contributed by atoms with Gasteiger partial charge in [-0.1, -0.05) is 25.1 Å². The van der Waals surface area contributed by atoms with E-state index in [0.717, 1.165) is 23.4 Å². The molecule has 2 aromatic rings. The molecule has 0 bridgehead atoms. The van der Waals surface area contributed by atoms with Crippen LogP contribution in [0.3, 0.4) is 0 Å². The van der Waals surface area contributed by atoms with Gasteiger partial charge >= 0.3 is 0 Å². The smallest absolute Gasteiger partial charge is 0.255 e. The molecule has 0 radical (unpaired) electrons. The van der Waals surface area contributed by atoms with Crippen molar-refractivity contribution < 1.29 is 14.7 Å². The Balaban J connectivity index is 1.80. The second-order valence-electron chi connectivity index (χ2n) is 7.69. The number of nitrogens with zero attached hydrogens (tertiary/aromatic N) is 1. The van der Waals surface area contributed by atoms with Gasteiger partial charge in [-0.25, -0.2) is 4.98 Å². The molecule has 1 aromatic heterocycles. The van der Waals surface area contributed by atoms with Crippen molar-refractivity contribution in [2.24, 2.45) is 5.92 Å². The largest absolute Gasteiger partial charge is 0.508 e. The Morgan fingerprint density at radius 3 is 2.62 bits per heavy atom. The molecule has 29 heavy (non-hydrogen) atoms. The highest BCUT2D eigenvalue weighted by Crippen LogP contribution is 2.43. The van der Waals surface area contributed by atoms with Crippen LogP contribution >= 0.6 is 0 Å². The molecule has 6 heteroatoms. The van der Waals surface area contributed by atoms with Gasteiger partial charge in [0.2, 0.25) is 0 Å². The lowest BCUT2D eigenvalue weighted by Gasteiger charge is -2.36. The van der Waals surface area contributed by atoms with E-state index in [1.54, 1.807) is 48.7 Å². The van der Waals surface area contributed by atoms with Gasteiger partial charge in [-0.3, -0.25) is 9.59 Å². The molecule has 2 atom stereocenters. The number of aromatic nitrogens is 1. The zero-order valence-electron chi connectivity index (χ0n) is 16.4. The van der Waals surface area contributed by atoms with Crippen LogP contribution in [0.4, 0.5) is 5.82 Å². The van der Waals surface area contributed by atoms with E-state index in [9.17, 15) is 14.7 Å². The number of nitrogens with one attached hydrogen (secondary N) is 2. The van der Waals surface area contributed by atoms with Crippen LogP contribution in [-0.4, -0.2) is 21.8 Å². The highest BCUT2D eigenvalue weighted by atomic mass is 16.3. The molecule has 1 amide bonds. The molecule has 0 fully saturated rings. The molecule has 3 N–H and O–H groups in total. The van der Waals surface area contributed by atoms with Crippen LogP contribution in [0.25, 0.3) is 0 Å². The summed E-state index contributed by atoms with van der Waals surface area (Å²) in [6, 6.07) is 12.0. The van der Waals surface area contributed by atoms with Gasteiger partial charge in [0.15, 0.2) is 5.78 Å². The SMILES string of the molecule is CC1=C(C(=O)Nc2ccccn2)[C@H](c2ccc(O)cc2)C2=C(C[C@H](C)CC2=O)N1. The number of aromatic hydroxyl groups is 1. The number of dihydropyridines is 1. The summed E-state index contributed by atoms with van der Waals surface area (Å²) in [6.45, 7) is 3.91. The number of pyridine rings is 1. The van der Waals surface area contributed by atoms with Crippen LogP contribution in [0.15, 0.2) is 71.2 Å². The second kappa shape index (κ2) is 7.54. The molecule has 1 aromatic carbocycles. The van der Waals surface area contributed by atoms with Crippen molar-refractivity contribution in [1.82, 2.24) is 10.3 Å². The highest BCUT2D eigenvalue weighted by molar-refractivity contribution is 6.09. The van der Waals surface area contributed by atoms with Crippen molar-refractivity contribution in [2.45, 2.75) is 32.6 Å². The molecule has 148 valence electrons. The normalized spacial score (nSPS) is 21.5. The number of allylic oxidation sites excluding steroid dienone is 3. The Labute approximate surface area is 169 Å². The summed E-state index contributed by atoms with van der Waals surface area (Å²) in [5.74, 6) is 0.109. The fraction of sp³-hybridized carbons (Fsp3) is 0.261. The molecule has 1 aliphatic heterocycles. The second-order valence-corrected chi connectivity index (χ2v) is 7.69. The number of ketones is 1. The van der Waals surface area contributed by atoms with E-state index in [4.69, 9.17) is 0 Å². The minimum atomic E-state index is -0.490. The van der Waals surface area contributed by atoms with Crippen LogP contribution in [0, 0.1) is 5.92 Å². The van der Waals surface area contributed by atoms with Crippen molar-refractivity contribution in [3.05, 3.63) is 76.8 Å². The number of anilines is 1. The average molecular weight is 389 g/mol. The van der Waals surface area contributed by atoms with Gasteiger partial charge in [0.05, 0.1) is 0 Å². The van der Waals surface area contributed by atoms with E-state index in [0.29, 0.717) is 23.4 Å². The first-order valence-electron chi connectivity index (χ1n) is 9.69. The van der Waals surface area contributed by atoms with E-state index in [1.807, 2.05) is 6.92 Å². The number of benzene rings is 1. The van der Waals surface area contributed by atoms with Crippen LogP contribution in [0.5, 0.6) is 5.75 Å². The molecule has 6 nitrogen and oxygen atoms in total. The van der Waals surface area contributed by atoms with Gasteiger partial charge < -0.3 is 15.7 Å². The van der Waals surface area contributed by atoms with Gasteiger partial charge in [0.1, 0.15) is 11.6 Å². The van der Waals surface area contributed by atoms with Crippen molar-refractivity contribution in [2.75, 3.05) is 5.32 Å². The molecular formula is C23H23N3O3. The molecule has 2 aliphatic rings. The van der Waals surface area contributed by atoms with Crippen molar-refractivity contribution >= 4 is 17.5 Å². The fourth-order valence-electron chi connectivity index (χ4n) is 4.16. The number of carbonyl (C=O) groups excluding carboxylic acids is 2. The molecule has 4 rings (SSSR count). The maximum Gasteiger partial charge on any atom is 0.255 e. The fourth-order valence-corrected chi connectivity index (χ4v) is 4.16. The molecule has 0 saturated heterocycles. The van der Waals surface area contributed by atoms with E-state index in [-0.39, 0.29) is 23.4 Å². The van der Waals surface area contributed by atoms with Crippen molar-refractivity contribution in [3.63, 3.8) is 0 Å². The average Bonchev–Trinajstić information content (AvgIpc) is 2.68. The molecule has 0 saturated carbocycles. The maximum atomic E-state index is 13.2. The number of Topliss-reactive ketones (excluding diaryl/α,β-unsaturated/α-hetero) is 1. The topological polar surface area (TPSA) is 91.3 Å². The summed E-state index contributed by atoms with van der Waals surface area (Å²) in [5.41, 5.74) is 3.54. The quantitative estimate of drug-likeness (QED) is 0.746. The maximum absolute atomic E-state index is 13.2. The summed E-state index contributed by atoms with van der Waals surface area (Å²) >= 11 is 0. The van der Waals surface area contributed by atoms with Gasteiger partial charge in [-0.05, 0) is 49.1 Å². The van der Waals surface area contributed by atoms with Crippen LogP contribution in [0.1, 0.15) is 38.2 Å². The lowest BCUT2D eigenvalue weighted by molar-refractivity contribution is -0.117. The molecule has 2 heterocycles. The Kier molecular flexibility index (Phi) is 4.92. The van der Waals surface area contributed by atoms with E-state index < -0.39 is 5.92 Å². The van der Waals surface area contributed by atoms with E-state index in [2.05, 4.69) is 22.5 Å². The molecular weight excluding hydrogens is 366 g/mol. The lowest BCUT2D eigenvalue weighted by Crippen LogP contribution is -2.37. The predicted molar refractivity (Wildman–Crippen MR) is 110 cm³/mol. The summed E-state index contributed by atoms with van der Waals surface area (Å²) in [7, 11) is 0. The van der Waals surface area contributed by atoms with Crippen molar-refractivity contribution in [3.8, 4) is 5.75 Å². The highest BCUT2D eigenvalue weighted by Gasteiger charge is 2.39. The molecule has 0 spiro atoms. The number of carbonyl (C=O) groups is 2. The minimum absolute atomic E-state index is 0.0555. The summed E-state index contributed by atoms with van der Waals surface area (Å²) in [6.07, 6.45) is 2.84. The number of hydrogen-bond acceptors (Lipinski definition) is 5. The summed E-state index contributed by atoms with van der Waals surface area (Å²) < 4.78 is 0. The summed E-state index contributed by atoms with van der Waals surface area (Å²) in [4.78, 5) is 30.4. The standard InChI is InChI=1S/C23H23N3O3/c1-13-11-17-22(18(28)12-13)21(15-6-8-16(27)9-7-15)20(14(2)25-17)23(29)26-19-5-3-4-10-24-19/h3-10,13,21,25,27H,11-12H2,1-2H3,(H,24,26,29)/t13-,21-/m0/s1. The third kappa shape index (κ3) is 3.66. The third-order valence-corrected chi connectivity index (χ3v) is 5.41. The lowest BCUT2D eigenvalue weighted by atomic mass is 9.73. The van der Waals surface area contributed by atoms with Crippen LogP contribution in [0.2, 0.25) is 0 Å². The van der Waals surface area contributed by atoms with Crippen LogP contribution in [-0.2, 0) is 9.59 Å². The zero-order chi connectivity index (χ0) is 20.5. The Morgan fingerprint density at radius 1 is 1.17 bits per heavy atom. The van der Waals surface area contributed by atoms with E-state index in [1.165, 1.54) is 0 Å². The zero-order valence-corrected chi connectivity index (χ0v) is 16.4. The summed E-state index contributed by atoms with van der Waals surface area (Å²) in [5, 5.41) is 15.9. The van der Waals surface area contributed by atoms with Crippen molar-refractivity contribution in [1.29, 1.82) is 0 Å². The Morgan fingerprint density at radius 2 is 1.93 bits per heavy atom. The van der Waals surface area contributed by atoms with Crippen LogP contribution < -0.4 is 10.6 Å². The van der Waals surface area contributed by atoms with Gasteiger partial charge in [0, 0.05) is 41.1 Å². The monoisotopic (exact) mass is 389 g/mol.